The van der Waals surface area contributed by atoms with Gasteiger partial charge in [-0.05, 0) is 18.8 Å². The summed E-state index contributed by atoms with van der Waals surface area (Å²) < 4.78 is 1.70. The number of carbonyl (C=O) groups is 1. The summed E-state index contributed by atoms with van der Waals surface area (Å²) in [5.74, 6) is 1.08. The van der Waals surface area contributed by atoms with Gasteiger partial charge in [-0.2, -0.15) is 5.10 Å². The molecule has 1 aromatic heterocycles. The highest BCUT2D eigenvalue weighted by Gasteiger charge is 2.28. The number of halogens is 1. The van der Waals surface area contributed by atoms with Crippen LogP contribution in [0.1, 0.15) is 32.1 Å². The van der Waals surface area contributed by atoms with Crippen molar-refractivity contribution in [2.75, 3.05) is 38.1 Å². The van der Waals surface area contributed by atoms with Gasteiger partial charge >= 0.3 is 0 Å². The number of anilines is 1. The summed E-state index contributed by atoms with van der Waals surface area (Å²) >= 11 is 0. The van der Waals surface area contributed by atoms with Crippen molar-refractivity contribution in [1.82, 2.24) is 20.0 Å². The van der Waals surface area contributed by atoms with Crippen molar-refractivity contribution in [3.05, 3.63) is 12.4 Å². The Morgan fingerprint density at radius 1 is 1.37 bits per heavy atom. The molecular weight excluding hydrogens is 459 g/mol. The molecule has 8 nitrogen and oxygen atoms in total. The fraction of sp³-hybridized carbons (Fsp3) is 0.722. The van der Waals surface area contributed by atoms with Crippen LogP contribution >= 0.6 is 24.0 Å². The Balaban J connectivity index is 0.00000261. The number of rotatable bonds is 4. The zero-order valence-electron chi connectivity index (χ0n) is 16.2. The zero-order chi connectivity index (χ0) is 18.5. The van der Waals surface area contributed by atoms with Gasteiger partial charge in [0.05, 0.1) is 18.0 Å². The molecule has 2 heterocycles. The zero-order valence-corrected chi connectivity index (χ0v) is 18.5. The maximum atomic E-state index is 12.5. The molecule has 3 rings (SSSR count). The number of hydrogen-bond acceptors (Lipinski definition) is 4. The van der Waals surface area contributed by atoms with E-state index in [4.69, 9.17) is 0 Å². The molecule has 0 radical (unpaired) electrons. The van der Waals surface area contributed by atoms with E-state index in [1.165, 1.54) is 19.3 Å². The first-order chi connectivity index (χ1) is 12.6. The second-order valence-electron chi connectivity index (χ2n) is 7.23. The van der Waals surface area contributed by atoms with E-state index in [0.29, 0.717) is 31.5 Å². The van der Waals surface area contributed by atoms with Crippen molar-refractivity contribution in [2.45, 2.75) is 38.2 Å². The number of piperazine rings is 1. The molecule has 0 aromatic carbocycles. The normalized spacial score (nSPS) is 20.4. The number of hydrogen-bond donors (Lipinski definition) is 2. The Bertz CT molecular complexity index is 644. The first-order valence-electron chi connectivity index (χ1n) is 9.51. The van der Waals surface area contributed by atoms with Crippen LogP contribution in [0, 0.1) is 5.92 Å². The number of amides is 1. The van der Waals surface area contributed by atoms with E-state index in [1.807, 2.05) is 18.1 Å². The third kappa shape index (κ3) is 5.56. The number of nitrogens with zero attached hydrogens (tertiary/aromatic N) is 5. The molecule has 1 atom stereocenters. The van der Waals surface area contributed by atoms with Gasteiger partial charge in [0.15, 0.2) is 5.96 Å². The predicted molar refractivity (Wildman–Crippen MR) is 116 cm³/mol. The number of nitrogens with one attached hydrogen (secondary N) is 1. The van der Waals surface area contributed by atoms with E-state index >= 15 is 0 Å². The van der Waals surface area contributed by atoms with Gasteiger partial charge in [-0.1, -0.05) is 19.3 Å². The highest BCUT2D eigenvalue weighted by molar-refractivity contribution is 14.0. The minimum atomic E-state index is -0.362. The molecule has 2 fully saturated rings. The molecule has 1 saturated heterocycles. The van der Waals surface area contributed by atoms with E-state index in [1.54, 1.807) is 22.8 Å². The van der Waals surface area contributed by atoms with Crippen molar-refractivity contribution in [2.24, 2.45) is 18.0 Å². The third-order valence-electron chi connectivity index (χ3n) is 5.40. The quantitative estimate of drug-likeness (QED) is 0.377. The number of aromatic nitrogens is 2. The van der Waals surface area contributed by atoms with Gasteiger partial charge in [-0.3, -0.25) is 14.5 Å². The molecule has 0 spiro atoms. The van der Waals surface area contributed by atoms with Gasteiger partial charge in [0.25, 0.3) is 0 Å². The van der Waals surface area contributed by atoms with Crippen LogP contribution in [-0.4, -0.2) is 71.0 Å². The smallest absolute Gasteiger partial charge is 0.246 e. The molecule has 152 valence electrons. The van der Waals surface area contributed by atoms with Gasteiger partial charge in [0.1, 0.15) is 6.54 Å². The van der Waals surface area contributed by atoms with Crippen LogP contribution < -0.4 is 10.2 Å². The summed E-state index contributed by atoms with van der Waals surface area (Å²) in [6.45, 7) is 2.04. The van der Waals surface area contributed by atoms with Crippen LogP contribution in [0.5, 0.6) is 0 Å². The number of carbonyl (C=O) groups excluding carboxylic acids is 1. The standard InChI is InChI=1S/C18H30N6O2.HI/c1-19-18(20-11-16(25)14-6-4-3-5-7-14)23-8-9-24(17(26)13-23)15-10-21-22(2)12-15;/h10,12,14,16,25H,3-9,11,13H2,1-2H3,(H,19,20);1H. The summed E-state index contributed by atoms with van der Waals surface area (Å²) in [5, 5.41) is 17.8. The molecule has 0 bridgehead atoms. The number of guanidine groups is 1. The summed E-state index contributed by atoms with van der Waals surface area (Å²) in [5.41, 5.74) is 0.827. The fourth-order valence-electron chi connectivity index (χ4n) is 3.89. The lowest BCUT2D eigenvalue weighted by atomic mass is 9.85. The van der Waals surface area contributed by atoms with E-state index < -0.39 is 0 Å². The average Bonchev–Trinajstić information content (AvgIpc) is 3.09. The van der Waals surface area contributed by atoms with Crippen LogP contribution in [0.4, 0.5) is 5.69 Å². The number of aliphatic hydroxyl groups excluding tert-OH is 1. The Kier molecular flexibility index (Phi) is 8.33. The van der Waals surface area contributed by atoms with Crippen LogP contribution in [0.2, 0.25) is 0 Å². The molecule has 27 heavy (non-hydrogen) atoms. The van der Waals surface area contributed by atoms with Crippen molar-refractivity contribution in [3.8, 4) is 0 Å². The molecular formula is C18H31IN6O2. The van der Waals surface area contributed by atoms with E-state index in [0.717, 1.165) is 18.5 Å². The summed E-state index contributed by atoms with van der Waals surface area (Å²) in [6, 6.07) is 0. The maximum absolute atomic E-state index is 12.5. The molecule has 1 amide bonds. The fourth-order valence-corrected chi connectivity index (χ4v) is 3.89. The Morgan fingerprint density at radius 2 is 2.11 bits per heavy atom. The Labute approximate surface area is 178 Å². The largest absolute Gasteiger partial charge is 0.391 e. The second-order valence-corrected chi connectivity index (χ2v) is 7.23. The molecule has 1 aliphatic carbocycles. The van der Waals surface area contributed by atoms with Gasteiger partial charge < -0.3 is 20.2 Å². The molecule has 2 aliphatic rings. The monoisotopic (exact) mass is 490 g/mol. The van der Waals surface area contributed by atoms with Crippen molar-refractivity contribution in [1.29, 1.82) is 0 Å². The molecule has 9 heteroatoms. The number of aliphatic imine (C=N–C) groups is 1. The first kappa shape index (κ1) is 21.9. The molecule has 1 saturated carbocycles. The molecule has 1 aromatic rings. The van der Waals surface area contributed by atoms with E-state index in [2.05, 4.69) is 15.4 Å². The van der Waals surface area contributed by atoms with Crippen molar-refractivity contribution < 1.29 is 9.90 Å². The second kappa shape index (κ2) is 10.3. The van der Waals surface area contributed by atoms with Crippen LogP contribution in [0.25, 0.3) is 0 Å². The predicted octanol–water partition coefficient (Wildman–Crippen LogP) is 1.20. The lowest BCUT2D eigenvalue weighted by Crippen LogP contribution is -2.56. The summed E-state index contributed by atoms with van der Waals surface area (Å²) in [6.07, 6.45) is 9.10. The van der Waals surface area contributed by atoms with Crippen LogP contribution in [-0.2, 0) is 11.8 Å². The molecule has 2 N–H and O–H groups in total. The van der Waals surface area contributed by atoms with Crippen LogP contribution in [0.3, 0.4) is 0 Å². The topological polar surface area (TPSA) is 86.0 Å². The SMILES string of the molecule is CN=C(NCC(O)C1CCCCC1)N1CCN(c2cnn(C)c2)C(=O)C1.I. The van der Waals surface area contributed by atoms with Gasteiger partial charge in [-0.15, -0.1) is 24.0 Å². The van der Waals surface area contributed by atoms with Gasteiger partial charge in [0.2, 0.25) is 5.91 Å². The minimum absolute atomic E-state index is 0. The summed E-state index contributed by atoms with van der Waals surface area (Å²) in [7, 11) is 3.56. The maximum Gasteiger partial charge on any atom is 0.246 e. The third-order valence-corrected chi connectivity index (χ3v) is 5.40. The first-order valence-corrected chi connectivity index (χ1v) is 9.51. The number of aryl methyl sites for hydroxylation is 1. The van der Waals surface area contributed by atoms with Crippen LogP contribution in [0.15, 0.2) is 17.4 Å². The minimum Gasteiger partial charge on any atom is -0.391 e. The Hall–Kier alpha value is -1.36. The van der Waals surface area contributed by atoms with Crippen molar-refractivity contribution in [3.63, 3.8) is 0 Å². The lowest BCUT2D eigenvalue weighted by Gasteiger charge is -2.36. The van der Waals surface area contributed by atoms with Crippen molar-refractivity contribution >= 4 is 41.5 Å². The lowest BCUT2D eigenvalue weighted by molar-refractivity contribution is -0.120. The van der Waals surface area contributed by atoms with E-state index in [9.17, 15) is 9.90 Å². The highest BCUT2D eigenvalue weighted by atomic mass is 127. The van der Waals surface area contributed by atoms with Gasteiger partial charge in [-0.25, -0.2) is 0 Å². The molecule has 1 unspecified atom stereocenters. The van der Waals surface area contributed by atoms with E-state index in [-0.39, 0.29) is 42.5 Å². The Morgan fingerprint density at radius 3 is 2.70 bits per heavy atom. The highest BCUT2D eigenvalue weighted by Crippen LogP contribution is 2.26. The molecule has 1 aliphatic heterocycles. The number of aliphatic hydroxyl groups is 1. The summed E-state index contributed by atoms with van der Waals surface area (Å²) in [4.78, 5) is 20.5. The average molecular weight is 490 g/mol. The van der Waals surface area contributed by atoms with Gasteiger partial charge in [0, 0.05) is 39.9 Å².